The summed E-state index contributed by atoms with van der Waals surface area (Å²) >= 11 is 12.0. The zero-order valence-corrected chi connectivity index (χ0v) is 22.3. The van der Waals surface area contributed by atoms with Crippen molar-refractivity contribution in [2.75, 3.05) is 26.2 Å². The predicted octanol–water partition coefficient (Wildman–Crippen LogP) is 4.71. The Balaban J connectivity index is 1.29. The summed E-state index contributed by atoms with van der Waals surface area (Å²) in [4.78, 5) is 2.21. The summed E-state index contributed by atoms with van der Waals surface area (Å²) in [7, 11) is -3.87. The quantitative estimate of drug-likeness (QED) is 0.393. The molecule has 4 rings (SSSR count). The smallest absolute Gasteiger partial charge is 0.241 e. The highest BCUT2D eigenvalue weighted by Gasteiger charge is 2.24. The normalized spacial score (nSPS) is 15.7. The van der Waals surface area contributed by atoms with Crippen LogP contribution in [0.2, 0.25) is 10.0 Å². The second-order valence-electron chi connectivity index (χ2n) is 8.88. The molecule has 3 aromatic rings. The Morgan fingerprint density at radius 3 is 2.43 bits per heavy atom. The molecule has 3 aromatic carbocycles. The fraction of sp³-hybridized carbons (Fsp3) is 0.296. The molecule has 0 aliphatic carbocycles. The van der Waals surface area contributed by atoms with E-state index in [1.807, 2.05) is 0 Å². The number of aliphatic hydroxyl groups excluding tert-OH is 1. The van der Waals surface area contributed by atoms with Gasteiger partial charge in [-0.2, -0.15) is 5.26 Å². The van der Waals surface area contributed by atoms with Crippen molar-refractivity contribution in [3.8, 4) is 22.9 Å². The molecule has 1 aliphatic rings. The molecule has 1 saturated heterocycles. The maximum absolute atomic E-state index is 13.1. The number of hydrogen-bond acceptors (Lipinski definition) is 6. The maximum atomic E-state index is 13.1. The highest BCUT2D eigenvalue weighted by Crippen LogP contribution is 2.29. The third kappa shape index (κ3) is 7.23. The summed E-state index contributed by atoms with van der Waals surface area (Å²) in [5.74, 6) is 0.670. The Bertz CT molecular complexity index is 1370. The van der Waals surface area contributed by atoms with Crippen LogP contribution in [-0.4, -0.2) is 56.8 Å². The number of hydrogen-bond donors (Lipinski definition) is 2. The van der Waals surface area contributed by atoms with E-state index in [-0.39, 0.29) is 17.5 Å². The van der Waals surface area contributed by atoms with E-state index in [0.717, 1.165) is 25.9 Å². The van der Waals surface area contributed by atoms with Gasteiger partial charge in [-0.15, -0.1) is 0 Å². The molecule has 1 fully saturated rings. The SMILES string of the molecule is N#Cc1ccc(-c2ccccc2S(=O)(=O)NC[C@@H](O)CN2CCC(Oc3ccc(Cl)c(Cl)c3)CC2)cc1. The number of aliphatic hydroxyl groups is 1. The molecule has 0 saturated carbocycles. The molecule has 0 aromatic heterocycles. The first-order valence-electron chi connectivity index (χ1n) is 11.9. The predicted molar refractivity (Wildman–Crippen MR) is 144 cm³/mol. The molecular weight excluding hydrogens is 533 g/mol. The first-order valence-corrected chi connectivity index (χ1v) is 14.1. The van der Waals surface area contributed by atoms with Crippen LogP contribution in [0.15, 0.2) is 71.6 Å². The number of likely N-dealkylation sites (tertiary alicyclic amines) is 1. The van der Waals surface area contributed by atoms with Gasteiger partial charge < -0.3 is 14.7 Å². The lowest BCUT2D eigenvalue weighted by molar-refractivity contribution is 0.0630. The first kappa shape index (κ1) is 27.4. The number of piperidine rings is 1. The monoisotopic (exact) mass is 559 g/mol. The largest absolute Gasteiger partial charge is 0.490 e. The van der Waals surface area contributed by atoms with E-state index < -0.39 is 16.1 Å². The van der Waals surface area contributed by atoms with Crippen molar-refractivity contribution < 1.29 is 18.3 Å². The van der Waals surface area contributed by atoms with Crippen LogP contribution in [0.3, 0.4) is 0 Å². The van der Waals surface area contributed by atoms with Gasteiger partial charge in [-0.05, 0) is 48.7 Å². The number of rotatable bonds is 9. The topological polar surface area (TPSA) is 103 Å². The Kier molecular flexibility index (Phi) is 9.08. The lowest BCUT2D eigenvalue weighted by Gasteiger charge is -2.33. The summed E-state index contributed by atoms with van der Waals surface area (Å²) in [5, 5.41) is 20.5. The van der Waals surface area contributed by atoms with Crippen LogP contribution in [0.5, 0.6) is 5.75 Å². The van der Waals surface area contributed by atoms with Crippen LogP contribution >= 0.6 is 23.2 Å². The second-order valence-corrected chi connectivity index (χ2v) is 11.4. The number of β-amino-alcohol motifs (C(OH)–C–C–N with tert-alkyl or cyclic N) is 1. The Labute approximate surface area is 227 Å². The number of benzene rings is 3. The van der Waals surface area contributed by atoms with Crippen LogP contribution in [0.1, 0.15) is 18.4 Å². The number of nitriles is 1. The summed E-state index contributed by atoms with van der Waals surface area (Å²) < 4.78 is 34.7. The van der Waals surface area contributed by atoms with Crippen molar-refractivity contribution in [2.45, 2.75) is 29.9 Å². The second kappa shape index (κ2) is 12.3. The van der Waals surface area contributed by atoms with Crippen LogP contribution in [0, 0.1) is 11.3 Å². The van der Waals surface area contributed by atoms with Crippen molar-refractivity contribution in [3.63, 3.8) is 0 Å². The third-order valence-corrected chi connectivity index (χ3v) is 8.43. The van der Waals surface area contributed by atoms with Gasteiger partial charge in [0.2, 0.25) is 10.0 Å². The molecule has 0 unspecified atom stereocenters. The van der Waals surface area contributed by atoms with Gasteiger partial charge in [0.1, 0.15) is 11.9 Å². The number of nitrogens with one attached hydrogen (secondary N) is 1. The highest BCUT2D eigenvalue weighted by molar-refractivity contribution is 7.89. The summed E-state index contributed by atoms with van der Waals surface area (Å²) in [6, 6.07) is 20.6. The molecule has 0 spiro atoms. The number of nitrogens with zero attached hydrogens (tertiary/aromatic N) is 2. The summed E-state index contributed by atoms with van der Waals surface area (Å²) in [5.41, 5.74) is 1.71. The maximum Gasteiger partial charge on any atom is 0.241 e. The van der Waals surface area contributed by atoms with Gasteiger partial charge in [0.15, 0.2) is 0 Å². The first-order chi connectivity index (χ1) is 17.7. The van der Waals surface area contributed by atoms with Crippen molar-refractivity contribution in [3.05, 3.63) is 82.3 Å². The van der Waals surface area contributed by atoms with E-state index in [1.165, 1.54) is 6.07 Å². The van der Waals surface area contributed by atoms with E-state index in [2.05, 4.69) is 15.7 Å². The van der Waals surface area contributed by atoms with Crippen molar-refractivity contribution in [1.82, 2.24) is 9.62 Å². The van der Waals surface area contributed by atoms with Gasteiger partial charge in [0.25, 0.3) is 0 Å². The van der Waals surface area contributed by atoms with Gasteiger partial charge in [0, 0.05) is 37.8 Å². The molecule has 0 amide bonds. The van der Waals surface area contributed by atoms with E-state index in [0.29, 0.717) is 39.0 Å². The van der Waals surface area contributed by atoms with E-state index in [4.69, 9.17) is 33.2 Å². The molecule has 2 N–H and O–H groups in total. The molecular formula is C27H27Cl2N3O4S. The standard InChI is InChI=1S/C27H27Cl2N3O4S/c28-25-10-9-23(15-26(25)29)36-22-11-13-32(14-12-22)18-21(33)17-31-37(34,35)27-4-2-1-3-24(27)20-7-5-19(16-30)6-8-20/h1-10,15,21-22,31,33H,11-14,17-18H2/t21-/m1/s1. The van der Waals surface area contributed by atoms with Crippen molar-refractivity contribution in [2.24, 2.45) is 0 Å². The fourth-order valence-electron chi connectivity index (χ4n) is 4.26. The van der Waals surface area contributed by atoms with Gasteiger partial charge in [-0.25, -0.2) is 13.1 Å². The molecule has 37 heavy (non-hydrogen) atoms. The molecule has 0 bridgehead atoms. The third-order valence-electron chi connectivity index (χ3n) is 6.21. The number of sulfonamides is 1. The van der Waals surface area contributed by atoms with Crippen LogP contribution in [0.25, 0.3) is 11.1 Å². The summed E-state index contributed by atoms with van der Waals surface area (Å²) in [6.07, 6.45) is 0.708. The van der Waals surface area contributed by atoms with Gasteiger partial charge in [-0.1, -0.05) is 53.5 Å². The van der Waals surface area contributed by atoms with Crippen LogP contribution in [-0.2, 0) is 10.0 Å². The average Bonchev–Trinajstić information content (AvgIpc) is 2.91. The highest BCUT2D eigenvalue weighted by atomic mass is 35.5. The van der Waals surface area contributed by atoms with E-state index >= 15 is 0 Å². The molecule has 1 atom stereocenters. The van der Waals surface area contributed by atoms with Gasteiger partial charge in [0.05, 0.1) is 32.7 Å². The molecule has 7 nitrogen and oxygen atoms in total. The lowest BCUT2D eigenvalue weighted by Crippen LogP contribution is -2.45. The van der Waals surface area contributed by atoms with E-state index in [1.54, 1.807) is 60.7 Å². The van der Waals surface area contributed by atoms with E-state index in [9.17, 15) is 13.5 Å². The Morgan fingerprint density at radius 1 is 1.05 bits per heavy atom. The molecule has 194 valence electrons. The minimum Gasteiger partial charge on any atom is -0.490 e. The van der Waals surface area contributed by atoms with Crippen LogP contribution in [0.4, 0.5) is 0 Å². The minimum atomic E-state index is -3.87. The number of halogens is 2. The average molecular weight is 561 g/mol. The summed E-state index contributed by atoms with van der Waals surface area (Å²) in [6.45, 7) is 1.68. The zero-order chi connectivity index (χ0) is 26.4. The lowest BCUT2D eigenvalue weighted by atomic mass is 10.0. The zero-order valence-electron chi connectivity index (χ0n) is 20.0. The van der Waals surface area contributed by atoms with Crippen LogP contribution < -0.4 is 9.46 Å². The van der Waals surface area contributed by atoms with Crippen molar-refractivity contribution in [1.29, 1.82) is 5.26 Å². The molecule has 0 radical (unpaired) electrons. The van der Waals surface area contributed by atoms with Gasteiger partial charge >= 0.3 is 0 Å². The van der Waals surface area contributed by atoms with Crippen molar-refractivity contribution >= 4 is 33.2 Å². The Hall–Kier alpha value is -2.64. The van der Waals surface area contributed by atoms with Gasteiger partial charge in [-0.3, -0.25) is 0 Å². The molecule has 10 heteroatoms. The fourth-order valence-corrected chi connectivity index (χ4v) is 5.85. The minimum absolute atomic E-state index is 0.0304. The number of ether oxygens (including phenoxy) is 1. The Morgan fingerprint density at radius 2 is 1.76 bits per heavy atom. The molecule has 1 aliphatic heterocycles. The molecule has 1 heterocycles.